The molecule has 1 aromatic carbocycles. The van der Waals surface area contributed by atoms with Gasteiger partial charge in [-0.1, -0.05) is 13.0 Å². The summed E-state index contributed by atoms with van der Waals surface area (Å²) in [5, 5.41) is 3.32. The van der Waals surface area contributed by atoms with Crippen LogP contribution in [0.3, 0.4) is 0 Å². The van der Waals surface area contributed by atoms with Gasteiger partial charge in [-0.15, -0.1) is 0 Å². The first-order valence-corrected chi connectivity index (χ1v) is 7.38. The summed E-state index contributed by atoms with van der Waals surface area (Å²) in [4.78, 5) is 16.7. The maximum atomic E-state index is 12.6. The van der Waals surface area contributed by atoms with Gasteiger partial charge in [0.05, 0.1) is 0 Å². The van der Waals surface area contributed by atoms with Crippen LogP contribution in [0.4, 0.5) is 0 Å². The van der Waals surface area contributed by atoms with Crippen LogP contribution in [0.25, 0.3) is 0 Å². The number of hydrogen-bond acceptors (Lipinski definition) is 3. The average Bonchev–Trinajstić information content (AvgIpc) is 2.89. The molecule has 1 N–H and O–H groups in total. The van der Waals surface area contributed by atoms with Gasteiger partial charge in [0.25, 0.3) is 5.91 Å². The minimum Gasteiger partial charge on any atom is -0.337 e. The monoisotopic (exact) mass is 275 g/mol. The van der Waals surface area contributed by atoms with E-state index >= 15 is 0 Å². The Morgan fingerprint density at radius 3 is 2.60 bits per heavy atom. The summed E-state index contributed by atoms with van der Waals surface area (Å²) < 4.78 is 0. The van der Waals surface area contributed by atoms with Crippen molar-refractivity contribution in [2.45, 2.75) is 26.4 Å². The Morgan fingerprint density at radius 1 is 1.15 bits per heavy atom. The van der Waals surface area contributed by atoms with Gasteiger partial charge in [-0.2, -0.15) is 0 Å². The maximum Gasteiger partial charge on any atom is 0.253 e. The van der Waals surface area contributed by atoms with Gasteiger partial charge in [0.2, 0.25) is 0 Å². The first-order valence-electron chi connectivity index (χ1n) is 7.38. The molecule has 0 fully saturated rings. The van der Waals surface area contributed by atoms with E-state index in [0.29, 0.717) is 0 Å². The van der Waals surface area contributed by atoms with Crippen LogP contribution in [-0.4, -0.2) is 49.4 Å². The summed E-state index contributed by atoms with van der Waals surface area (Å²) in [6.45, 7) is 6.42. The second kappa shape index (κ2) is 6.86. The molecule has 20 heavy (non-hydrogen) atoms. The molecule has 0 spiro atoms. The molecule has 110 valence electrons. The van der Waals surface area contributed by atoms with Gasteiger partial charge in [0.15, 0.2) is 0 Å². The van der Waals surface area contributed by atoms with E-state index in [1.807, 2.05) is 25.1 Å². The van der Waals surface area contributed by atoms with Crippen molar-refractivity contribution < 1.29 is 4.79 Å². The zero-order valence-corrected chi connectivity index (χ0v) is 12.8. The molecule has 1 amide bonds. The zero-order chi connectivity index (χ0) is 14.5. The second-order valence-corrected chi connectivity index (χ2v) is 5.68. The number of benzene rings is 1. The van der Waals surface area contributed by atoms with Crippen molar-refractivity contribution in [2.75, 3.05) is 33.7 Å². The summed E-state index contributed by atoms with van der Waals surface area (Å²) >= 11 is 0. The number of nitrogens with one attached hydrogen (secondary N) is 1. The van der Waals surface area contributed by atoms with Crippen LogP contribution in [0, 0.1) is 0 Å². The van der Waals surface area contributed by atoms with E-state index in [9.17, 15) is 4.79 Å². The Labute approximate surface area is 121 Å². The number of carbonyl (C=O) groups excluding carboxylic acids is 1. The SMILES string of the molecule is CCCN(CCN(C)C)C(=O)c1ccc2c(c1)CNC2. The Morgan fingerprint density at radius 2 is 1.90 bits per heavy atom. The molecule has 0 aliphatic carbocycles. The highest BCUT2D eigenvalue weighted by atomic mass is 16.2. The van der Waals surface area contributed by atoms with Crippen molar-refractivity contribution >= 4 is 5.91 Å². The molecule has 1 heterocycles. The van der Waals surface area contributed by atoms with Crippen molar-refractivity contribution in [3.8, 4) is 0 Å². The van der Waals surface area contributed by atoms with Gasteiger partial charge >= 0.3 is 0 Å². The molecular weight excluding hydrogens is 250 g/mol. The molecule has 0 atom stereocenters. The zero-order valence-electron chi connectivity index (χ0n) is 12.8. The summed E-state index contributed by atoms with van der Waals surface area (Å²) in [6.07, 6.45) is 0.992. The highest BCUT2D eigenvalue weighted by molar-refractivity contribution is 5.94. The molecule has 4 nitrogen and oxygen atoms in total. The van der Waals surface area contributed by atoms with E-state index in [0.717, 1.165) is 44.7 Å². The van der Waals surface area contributed by atoms with Crippen molar-refractivity contribution in [2.24, 2.45) is 0 Å². The predicted octanol–water partition coefficient (Wildman–Crippen LogP) is 1.70. The minimum atomic E-state index is 0.156. The first-order chi connectivity index (χ1) is 9.61. The van der Waals surface area contributed by atoms with Gasteiger partial charge in [-0.25, -0.2) is 0 Å². The van der Waals surface area contributed by atoms with Crippen molar-refractivity contribution in [1.29, 1.82) is 0 Å². The summed E-state index contributed by atoms with van der Waals surface area (Å²) in [5.74, 6) is 0.156. The Hall–Kier alpha value is -1.39. The molecule has 1 aromatic rings. The lowest BCUT2D eigenvalue weighted by atomic mass is 10.1. The fourth-order valence-electron chi connectivity index (χ4n) is 2.52. The van der Waals surface area contributed by atoms with Gasteiger partial charge in [0, 0.05) is 38.3 Å². The van der Waals surface area contributed by atoms with Crippen LogP contribution >= 0.6 is 0 Å². The molecule has 1 aliphatic heterocycles. The lowest BCUT2D eigenvalue weighted by Gasteiger charge is -2.24. The number of carbonyl (C=O) groups is 1. The second-order valence-electron chi connectivity index (χ2n) is 5.68. The molecule has 2 rings (SSSR count). The van der Waals surface area contributed by atoms with Crippen LogP contribution in [0.1, 0.15) is 34.8 Å². The quantitative estimate of drug-likeness (QED) is 0.858. The Kier molecular flexibility index (Phi) is 5.15. The smallest absolute Gasteiger partial charge is 0.253 e. The predicted molar refractivity (Wildman–Crippen MR) is 81.7 cm³/mol. The van der Waals surface area contributed by atoms with Gasteiger partial charge in [-0.3, -0.25) is 4.79 Å². The Balaban J connectivity index is 2.10. The van der Waals surface area contributed by atoms with E-state index < -0.39 is 0 Å². The standard InChI is InChI=1S/C16H25N3O/c1-4-7-19(9-8-18(2)3)16(20)13-5-6-14-11-17-12-15(14)10-13/h5-6,10,17H,4,7-9,11-12H2,1-3H3. The van der Waals surface area contributed by atoms with Gasteiger partial charge in [0.1, 0.15) is 0 Å². The lowest BCUT2D eigenvalue weighted by molar-refractivity contribution is 0.0745. The number of nitrogens with zero attached hydrogens (tertiary/aromatic N) is 2. The molecule has 0 saturated heterocycles. The largest absolute Gasteiger partial charge is 0.337 e. The molecule has 0 saturated carbocycles. The maximum absolute atomic E-state index is 12.6. The topological polar surface area (TPSA) is 35.6 Å². The highest BCUT2D eigenvalue weighted by Gasteiger charge is 2.18. The minimum absolute atomic E-state index is 0.156. The van der Waals surface area contributed by atoms with E-state index in [1.165, 1.54) is 11.1 Å². The van der Waals surface area contributed by atoms with E-state index in [2.05, 4.69) is 29.3 Å². The molecule has 4 heteroatoms. The van der Waals surface area contributed by atoms with Crippen LogP contribution < -0.4 is 5.32 Å². The van der Waals surface area contributed by atoms with E-state index in [-0.39, 0.29) is 5.91 Å². The van der Waals surface area contributed by atoms with Crippen LogP contribution in [0.15, 0.2) is 18.2 Å². The molecule has 0 radical (unpaired) electrons. The van der Waals surface area contributed by atoms with Crippen molar-refractivity contribution in [1.82, 2.24) is 15.1 Å². The Bertz CT molecular complexity index is 471. The number of likely N-dealkylation sites (N-methyl/N-ethyl adjacent to an activating group) is 1. The normalized spacial score (nSPS) is 13.6. The third-order valence-corrected chi connectivity index (χ3v) is 3.68. The molecule has 0 aromatic heterocycles. The molecule has 0 unspecified atom stereocenters. The average molecular weight is 275 g/mol. The van der Waals surface area contributed by atoms with Gasteiger partial charge < -0.3 is 15.1 Å². The van der Waals surface area contributed by atoms with Crippen LogP contribution in [0.2, 0.25) is 0 Å². The summed E-state index contributed by atoms with van der Waals surface area (Å²) in [7, 11) is 4.07. The lowest BCUT2D eigenvalue weighted by Crippen LogP contribution is -2.37. The highest BCUT2D eigenvalue weighted by Crippen LogP contribution is 2.18. The fraction of sp³-hybridized carbons (Fsp3) is 0.562. The van der Waals surface area contributed by atoms with Crippen molar-refractivity contribution in [3.63, 3.8) is 0 Å². The molecule has 0 bridgehead atoms. The third kappa shape index (κ3) is 3.58. The van der Waals surface area contributed by atoms with Crippen LogP contribution in [0.5, 0.6) is 0 Å². The number of amides is 1. The summed E-state index contributed by atoms with van der Waals surface area (Å²) in [6, 6.07) is 6.10. The van der Waals surface area contributed by atoms with Crippen molar-refractivity contribution in [3.05, 3.63) is 34.9 Å². The number of fused-ring (bicyclic) bond motifs is 1. The molecular formula is C16H25N3O. The first kappa shape index (κ1) is 15.0. The summed E-state index contributed by atoms with van der Waals surface area (Å²) in [5.41, 5.74) is 3.40. The van der Waals surface area contributed by atoms with E-state index in [1.54, 1.807) is 0 Å². The van der Waals surface area contributed by atoms with Crippen LogP contribution in [-0.2, 0) is 13.1 Å². The van der Waals surface area contributed by atoms with E-state index in [4.69, 9.17) is 0 Å². The number of hydrogen-bond donors (Lipinski definition) is 1. The fourth-order valence-corrected chi connectivity index (χ4v) is 2.52. The third-order valence-electron chi connectivity index (χ3n) is 3.68. The van der Waals surface area contributed by atoms with Gasteiger partial charge in [-0.05, 0) is 43.8 Å². The molecule has 1 aliphatic rings. The number of rotatable bonds is 6.